The van der Waals surface area contributed by atoms with E-state index in [1.54, 1.807) is 11.3 Å². The number of hydrogen-bond acceptors (Lipinski definition) is 3. The summed E-state index contributed by atoms with van der Waals surface area (Å²) < 4.78 is 5.18. The van der Waals surface area contributed by atoms with E-state index in [4.69, 9.17) is 4.74 Å². The van der Waals surface area contributed by atoms with E-state index < -0.39 is 0 Å². The average molecular weight is 251 g/mol. The van der Waals surface area contributed by atoms with Gasteiger partial charge in [-0.3, -0.25) is 4.79 Å². The molecule has 3 nitrogen and oxygen atoms in total. The topological polar surface area (TPSA) is 38.3 Å². The van der Waals surface area contributed by atoms with Crippen LogP contribution in [0.4, 0.5) is 0 Å². The normalized spacial score (nSPS) is 20.8. The highest BCUT2D eigenvalue weighted by Gasteiger charge is 2.33. The molecule has 1 aromatic rings. The summed E-state index contributed by atoms with van der Waals surface area (Å²) in [5.41, 5.74) is 1.54. The second kappa shape index (κ2) is 4.10. The Kier molecular flexibility index (Phi) is 2.71. The molecule has 0 saturated carbocycles. The first kappa shape index (κ1) is 11.2. The molecule has 0 bridgehead atoms. The molecule has 2 heterocycles. The van der Waals surface area contributed by atoms with Crippen molar-refractivity contribution in [3.63, 3.8) is 0 Å². The van der Waals surface area contributed by atoms with Crippen LogP contribution in [0, 0.1) is 5.41 Å². The number of fused-ring (bicyclic) bond motifs is 1. The van der Waals surface area contributed by atoms with Crippen molar-refractivity contribution in [1.82, 2.24) is 5.32 Å². The van der Waals surface area contributed by atoms with Gasteiger partial charge in [-0.25, -0.2) is 0 Å². The van der Waals surface area contributed by atoms with Crippen LogP contribution in [0.3, 0.4) is 0 Å². The summed E-state index contributed by atoms with van der Waals surface area (Å²) in [5.74, 6) is 0.0810. The first-order valence-corrected chi connectivity index (χ1v) is 6.95. The molecule has 1 saturated heterocycles. The van der Waals surface area contributed by atoms with Crippen LogP contribution in [0.15, 0.2) is 6.07 Å². The standard InChI is InChI=1S/C13H17NO2S/c1-13(7-16-8-13)6-14-12(15)11-5-9-3-2-4-10(9)17-11/h5H,2-4,6-8H2,1H3,(H,14,15). The molecule has 1 N–H and O–H groups in total. The van der Waals surface area contributed by atoms with Crippen molar-refractivity contribution in [2.75, 3.05) is 19.8 Å². The van der Waals surface area contributed by atoms with Crippen molar-refractivity contribution in [3.8, 4) is 0 Å². The van der Waals surface area contributed by atoms with Gasteiger partial charge in [-0.1, -0.05) is 6.92 Å². The van der Waals surface area contributed by atoms with Crippen LogP contribution in [0.5, 0.6) is 0 Å². The molecule has 17 heavy (non-hydrogen) atoms. The lowest BCUT2D eigenvalue weighted by atomic mass is 9.89. The quantitative estimate of drug-likeness (QED) is 0.892. The van der Waals surface area contributed by atoms with Crippen LogP contribution in [-0.2, 0) is 17.6 Å². The summed E-state index contributed by atoms with van der Waals surface area (Å²) in [7, 11) is 0. The molecule has 1 aliphatic carbocycles. The maximum absolute atomic E-state index is 12.0. The fraction of sp³-hybridized carbons (Fsp3) is 0.615. The largest absolute Gasteiger partial charge is 0.380 e. The van der Waals surface area contributed by atoms with Crippen LogP contribution in [0.1, 0.15) is 33.5 Å². The number of hydrogen-bond donors (Lipinski definition) is 1. The third kappa shape index (κ3) is 2.11. The van der Waals surface area contributed by atoms with Crippen LogP contribution in [-0.4, -0.2) is 25.7 Å². The molecule has 0 aromatic carbocycles. The van der Waals surface area contributed by atoms with E-state index in [0.717, 1.165) is 30.9 Å². The zero-order valence-corrected chi connectivity index (χ0v) is 10.9. The Morgan fingerprint density at radius 3 is 3.00 bits per heavy atom. The average Bonchev–Trinajstić information content (AvgIpc) is 2.82. The van der Waals surface area contributed by atoms with Gasteiger partial charge in [-0.05, 0) is 30.9 Å². The van der Waals surface area contributed by atoms with Crippen molar-refractivity contribution in [2.24, 2.45) is 5.41 Å². The Balaban J connectivity index is 1.61. The van der Waals surface area contributed by atoms with E-state index in [1.165, 1.54) is 16.9 Å². The molecular weight excluding hydrogens is 234 g/mol. The van der Waals surface area contributed by atoms with Gasteiger partial charge in [0.15, 0.2) is 0 Å². The molecule has 0 unspecified atom stereocenters. The highest BCUT2D eigenvalue weighted by molar-refractivity contribution is 7.14. The summed E-state index contributed by atoms with van der Waals surface area (Å²) in [6.45, 7) is 4.38. The second-order valence-electron chi connectivity index (χ2n) is 5.40. The fourth-order valence-corrected chi connectivity index (χ4v) is 3.54. The van der Waals surface area contributed by atoms with E-state index >= 15 is 0 Å². The molecule has 3 rings (SSSR count). The lowest BCUT2D eigenvalue weighted by Gasteiger charge is -2.37. The zero-order valence-electron chi connectivity index (χ0n) is 10.0. The zero-order chi connectivity index (χ0) is 11.9. The van der Waals surface area contributed by atoms with Gasteiger partial charge in [0, 0.05) is 16.8 Å². The summed E-state index contributed by atoms with van der Waals surface area (Å²) in [5, 5.41) is 3.02. The van der Waals surface area contributed by atoms with Crippen molar-refractivity contribution < 1.29 is 9.53 Å². The Morgan fingerprint density at radius 2 is 2.35 bits per heavy atom. The predicted octanol–water partition coefficient (Wildman–Crippen LogP) is 2.00. The highest BCUT2D eigenvalue weighted by Crippen LogP contribution is 2.31. The number of rotatable bonds is 3. The van der Waals surface area contributed by atoms with Gasteiger partial charge in [-0.15, -0.1) is 11.3 Å². The van der Waals surface area contributed by atoms with Gasteiger partial charge in [0.25, 0.3) is 5.91 Å². The minimum Gasteiger partial charge on any atom is -0.380 e. The SMILES string of the molecule is CC1(CNC(=O)c2cc3c(s2)CCC3)COC1. The summed E-state index contributed by atoms with van der Waals surface area (Å²) >= 11 is 1.66. The van der Waals surface area contributed by atoms with E-state index in [2.05, 4.69) is 18.3 Å². The first-order chi connectivity index (χ1) is 8.16. The molecule has 4 heteroatoms. The van der Waals surface area contributed by atoms with E-state index in [9.17, 15) is 4.79 Å². The van der Waals surface area contributed by atoms with Crippen LogP contribution in [0.2, 0.25) is 0 Å². The fourth-order valence-electron chi connectivity index (χ4n) is 2.37. The maximum Gasteiger partial charge on any atom is 0.261 e. The molecular formula is C13H17NO2S. The first-order valence-electron chi connectivity index (χ1n) is 6.14. The number of aryl methyl sites for hydroxylation is 2. The van der Waals surface area contributed by atoms with E-state index in [1.807, 2.05) is 0 Å². The number of thiophene rings is 1. The Morgan fingerprint density at radius 1 is 1.53 bits per heavy atom. The van der Waals surface area contributed by atoms with Gasteiger partial charge >= 0.3 is 0 Å². The molecule has 1 fully saturated rings. The minimum absolute atomic E-state index is 0.0810. The lowest BCUT2D eigenvalue weighted by molar-refractivity contribution is -0.0978. The van der Waals surface area contributed by atoms with Gasteiger partial charge in [-0.2, -0.15) is 0 Å². The number of amides is 1. The third-order valence-electron chi connectivity index (χ3n) is 3.55. The number of carbonyl (C=O) groups is 1. The molecule has 0 radical (unpaired) electrons. The van der Waals surface area contributed by atoms with Gasteiger partial charge in [0.2, 0.25) is 0 Å². The molecule has 0 atom stereocenters. The molecule has 1 amide bonds. The van der Waals surface area contributed by atoms with Crippen molar-refractivity contribution in [1.29, 1.82) is 0 Å². The smallest absolute Gasteiger partial charge is 0.261 e. The number of ether oxygens (including phenoxy) is 1. The molecule has 1 aromatic heterocycles. The summed E-state index contributed by atoms with van der Waals surface area (Å²) in [6, 6.07) is 2.07. The van der Waals surface area contributed by atoms with Gasteiger partial charge in [0.05, 0.1) is 18.1 Å². The molecule has 1 aliphatic heterocycles. The molecule has 2 aliphatic rings. The Hall–Kier alpha value is -0.870. The van der Waals surface area contributed by atoms with Crippen LogP contribution in [0.25, 0.3) is 0 Å². The minimum atomic E-state index is 0.0810. The number of carbonyl (C=O) groups excluding carboxylic acids is 1. The van der Waals surface area contributed by atoms with Crippen molar-refractivity contribution in [2.45, 2.75) is 26.2 Å². The van der Waals surface area contributed by atoms with Gasteiger partial charge < -0.3 is 10.1 Å². The Bertz CT molecular complexity index is 427. The lowest BCUT2D eigenvalue weighted by Crippen LogP contribution is -2.48. The van der Waals surface area contributed by atoms with Crippen molar-refractivity contribution >= 4 is 17.2 Å². The van der Waals surface area contributed by atoms with E-state index in [0.29, 0.717) is 6.54 Å². The number of nitrogens with one attached hydrogen (secondary N) is 1. The predicted molar refractivity (Wildman–Crippen MR) is 67.6 cm³/mol. The third-order valence-corrected chi connectivity index (χ3v) is 4.78. The van der Waals surface area contributed by atoms with Crippen LogP contribution >= 0.6 is 11.3 Å². The summed E-state index contributed by atoms with van der Waals surface area (Å²) in [6.07, 6.45) is 3.54. The molecule has 0 spiro atoms. The Labute approximate surface area is 105 Å². The van der Waals surface area contributed by atoms with Crippen LogP contribution < -0.4 is 5.32 Å². The van der Waals surface area contributed by atoms with Crippen molar-refractivity contribution in [3.05, 3.63) is 21.4 Å². The highest BCUT2D eigenvalue weighted by atomic mass is 32.1. The molecule has 92 valence electrons. The van der Waals surface area contributed by atoms with Gasteiger partial charge in [0.1, 0.15) is 0 Å². The maximum atomic E-state index is 12.0. The van der Waals surface area contributed by atoms with E-state index in [-0.39, 0.29) is 11.3 Å². The monoisotopic (exact) mass is 251 g/mol. The summed E-state index contributed by atoms with van der Waals surface area (Å²) in [4.78, 5) is 14.3. The second-order valence-corrected chi connectivity index (χ2v) is 6.54.